The molecule has 0 radical (unpaired) electrons. The number of hydrogen-bond acceptors (Lipinski definition) is 6. The maximum atomic E-state index is 12.8. The molecule has 0 saturated carbocycles. The van der Waals surface area contributed by atoms with Gasteiger partial charge >= 0.3 is 0 Å². The molecule has 0 spiro atoms. The van der Waals surface area contributed by atoms with E-state index in [2.05, 4.69) is 14.9 Å². The average Bonchev–Trinajstić information content (AvgIpc) is 3.10. The number of thiophene rings is 1. The van der Waals surface area contributed by atoms with Gasteiger partial charge in [-0.2, -0.15) is 4.31 Å². The van der Waals surface area contributed by atoms with E-state index in [1.807, 2.05) is 24.4 Å². The minimum atomic E-state index is -3.45. The van der Waals surface area contributed by atoms with Crippen LogP contribution in [0.25, 0.3) is 10.2 Å². The molecule has 6 nitrogen and oxygen atoms in total. The van der Waals surface area contributed by atoms with Crippen molar-refractivity contribution in [3.63, 3.8) is 0 Å². The van der Waals surface area contributed by atoms with Crippen LogP contribution in [0.1, 0.15) is 5.56 Å². The molecule has 0 atom stereocenters. The quantitative estimate of drug-likeness (QED) is 0.705. The summed E-state index contributed by atoms with van der Waals surface area (Å²) in [6, 6.07) is 9.05. The van der Waals surface area contributed by atoms with E-state index in [9.17, 15) is 8.42 Å². The summed E-state index contributed by atoms with van der Waals surface area (Å²) < 4.78 is 28.3. The van der Waals surface area contributed by atoms with Gasteiger partial charge in [0.25, 0.3) is 0 Å². The smallest absolute Gasteiger partial charge is 0.243 e. The SMILES string of the molecule is Cc1cccc(S(=O)(=O)N2CCN(c3ncnc4ccsc34)CC2)c1. The first-order valence-corrected chi connectivity index (χ1v) is 10.4. The molecule has 4 rings (SSSR count). The van der Waals surface area contributed by atoms with Crippen LogP contribution >= 0.6 is 11.3 Å². The van der Waals surface area contributed by atoms with E-state index in [1.165, 1.54) is 0 Å². The highest BCUT2D eigenvalue weighted by Crippen LogP contribution is 2.29. The van der Waals surface area contributed by atoms with Gasteiger partial charge in [-0.05, 0) is 36.1 Å². The fourth-order valence-corrected chi connectivity index (χ4v) is 5.46. The first-order chi connectivity index (χ1) is 12.1. The fourth-order valence-electron chi connectivity index (χ4n) is 3.07. The summed E-state index contributed by atoms with van der Waals surface area (Å²) in [4.78, 5) is 11.2. The maximum absolute atomic E-state index is 12.8. The molecule has 3 aromatic rings. The number of fused-ring (bicyclic) bond motifs is 1. The second kappa shape index (κ2) is 6.36. The summed E-state index contributed by atoms with van der Waals surface area (Å²) in [7, 11) is -3.45. The van der Waals surface area contributed by atoms with Crippen LogP contribution in [0, 0.1) is 6.92 Å². The van der Waals surface area contributed by atoms with E-state index >= 15 is 0 Å². The molecule has 0 bridgehead atoms. The zero-order valence-corrected chi connectivity index (χ0v) is 15.4. The Bertz CT molecular complexity index is 1010. The van der Waals surface area contributed by atoms with Crippen molar-refractivity contribution in [3.8, 4) is 0 Å². The number of aromatic nitrogens is 2. The van der Waals surface area contributed by atoms with Crippen molar-refractivity contribution in [1.82, 2.24) is 14.3 Å². The molecule has 0 amide bonds. The first-order valence-electron chi connectivity index (χ1n) is 8.06. The highest BCUT2D eigenvalue weighted by atomic mass is 32.2. The van der Waals surface area contributed by atoms with Crippen molar-refractivity contribution < 1.29 is 8.42 Å². The van der Waals surface area contributed by atoms with Crippen molar-refractivity contribution in [2.75, 3.05) is 31.1 Å². The van der Waals surface area contributed by atoms with E-state index in [4.69, 9.17) is 0 Å². The minimum Gasteiger partial charge on any atom is -0.353 e. The molecule has 1 saturated heterocycles. The van der Waals surface area contributed by atoms with Gasteiger partial charge in [0, 0.05) is 26.2 Å². The maximum Gasteiger partial charge on any atom is 0.243 e. The molecule has 8 heteroatoms. The van der Waals surface area contributed by atoms with Crippen LogP contribution in [0.4, 0.5) is 5.82 Å². The predicted octanol–water partition coefficient (Wildman–Crippen LogP) is 2.51. The summed E-state index contributed by atoms with van der Waals surface area (Å²) in [5.41, 5.74) is 1.88. The summed E-state index contributed by atoms with van der Waals surface area (Å²) in [6.45, 7) is 4.04. The highest BCUT2D eigenvalue weighted by Gasteiger charge is 2.29. The van der Waals surface area contributed by atoms with Gasteiger partial charge in [-0.15, -0.1) is 11.3 Å². The van der Waals surface area contributed by atoms with Crippen LogP contribution < -0.4 is 4.90 Å². The van der Waals surface area contributed by atoms with Gasteiger partial charge < -0.3 is 4.90 Å². The molecule has 0 aliphatic carbocycles. The normalized spacial score (nSPS) is 16.4. The summed E-state index contributed by atoms with van der Waals surface area (Å²) in [6.07, 6.45) is 1.57. The molecule has 1 fully saturated rings. The Labute approximate surface area is 150 Å². The Balaban J connectivity index is 1.54. The molecule has 2 aromatic heterocycles. The minimum absolute atomic E-state index is 0.364. The Kier molecular flexibility index (Phi) is 4.18. The van der Waals surface area contributed by atoms with Crippen LogP contribution in [0.5, 0.6) is 0 Å². The number of rotatable bonds is 3. The summed E-state index contributed by atoms with van der Waals surface area (Å²) in [5, 5.41) is 2.00. The first kappa shape index (κ1) is 16.4. The Hall–Kier alpha value is -2.03. The third-order valence-corrected chi connectivity index (χ3v) is 7.18. The molecule has 1 aliphatic rings. The molecular formula is C17H18N4O2S2. The molecular weight excluding hydrogens is 356 g/mol. The topological polar surface area (TPSA) is 66.4 Å². The van der Waals surface area contributed by atoms with E-state index in [0.717, 1.165) is 21.6 Å². The number of anilines is 1. The van der Waals surface area contributed by atoms with Crippen molar-refractivity contribution >= 4 is 37.4 Å². The molecule has 1 aliphatic heterocycles. The Morgan fingerprint density at radius 2 is 1.88 bits per heavy atom. The van der Waals surface area contributed by atoms with Gasteiger partial charge in [-0.25, -0.2) is 18.4 Å². The van der Waals surface area contributed by atoms with Crippen molar-refractivity contribution in [3.05, 3.63) is 47.6 Å². The lowest BCUT2D eigenvalue weighted by molar-refractivity contribution is 0.384. The summed E-state index contributed by atoms with van der Waals surface area (Å²) in [5.74, 6) is 0.896. The fraction of sp³-hybridized carbons (Fsp3) is 0.294. The molecule has 1 aromatic carbocycles. The van der Waals surface area contributed by atoms with Gasteiger partial charge in [0.15, 0.2) is 0 Å². The van der Waals surface area contributed by atoms with Gasteiger partial charge in [-0.3, -0.25) is 0 Å². The molecule has 25 heavy (non-hydrogen) atoms. The average molecular weight is 374 g/mol. The standard InChI is InChI=1S/C17H18N4O2S2/c1-13-3-2-4-14(11-13)25(22,23)21-8-6-20(7-9-21)17-16-15(5-10-24-16)18-12-19-17/h2-5,10-12H,6-9H2,1H3. The van der Waals surface area contributed by atoms with E-state index in [-0.39, 0.29) is 0 Å². The van der Waals surface area contributed by atoms with Crippen LogP contribution in [0.3, 0.4) is 0 Å². The molecule has 3 heterocycles. The monoisotopic (exact) mass is 374 g/mol. The summed E-state index contributed by atoms with van der Waals surface area (Å²) >= 11 is 1.61. The van der Waals surface area contributed by atoms with Crippen molar-refractivity contribution in [2.45, 2.75) is 11.8 Å². The number of benzene rings is 1. The zero-order valence-electron chi connectivity index (χ0n) is 13.8. The number of piperazine rings is 1. The van der Waals surface area contributed by atoms with Gasteiger partial charge in [-0.1, -0.05) is 12.1 Å². The number of hydrogen-bond donors (Lipinski definition) is 0. The lowest BCUT2D eigenvalue weighted by Crippen LogP contribution is -2.49. The molecule has 0 unspecified atom stereocenters. The van der Waals surface area contributed by atoms with Crippen LogP contribution in [0.2, 0.25) is 0 Å². The lowest BCUT2D eigenvalue weighted by Gasteiger charge is -2.34. The van der Waals surface area contributed by atoms with Gasteiger partial charge in [0.05, 0.1) is 15.1 Å². The molecule has 0 N–H and O–H groups in total. The van der Waals surface area contributed by atoms with Crippen LogP contribution in [-0.4, -0.2) is 48.9 Å². The zero-order chi connectivity index (χ0) is 17.4. The van der Waals surface area contributed by atoms with E-state index in [1.54, 1.807) is 40.2 Å². The third-order valence-electron chi connectivity index (χ3n) is 4.39. The number of aryl methyl sites for hydroxylation is 1. The van der Waals surface area contributed by atoms with Crippen molar-refractivity contribution in [2.24, 2.45) is 0 Å². The second-order valence-corrected chi connectivity index (χ2v) is 8.89. The Morgan fingerprint density at radius 3 is 2.64 bits per heavy atom. The third kappa shape index (κ3) is 3.01. The molecule has 130 valence electrons. The Morgan fingerprint density at radius 1 is 1.08 bits per heavy atom. The second-order valence-electron chi connectivity index (χ2n) is 6.04. The lowest BCUT2D eigenvalue weighted by atomic mass is 10.2. The highest BCUT2D eigenvalue weighted by molar-refractivity contribution is 7.89. The van der Waals surface area contributed by atoms with Gasteiger partial charge in [0.1, 0.15) is 12.1 Å². The van der Waals surface area contributed by atoms with Gasteiger partial charge in [0.2, 0.25) is 10.0 Å². The van der Waals surface area contributed by atoms with E-state index in [0.29, 0.717) is 31.1 Å². The number of nitrogens with zero attached hydrogens (tertiary/aromatic N) is 4. The van der Waals surface area contributed by atoms with Crippen molar-refractivity contribution in [1.29, 1.82) is 0 Å². The predicted molar refractivity (Wildman–Crippen MR) is 99.6 cm³/mol. The van der Waals surface area contributed by atoms with Crippen LogP contribution in [-0.2, 0) is 10.0 Å². The van der Waals surface area contributed by atoms with E-state index < -0.39 is 10.0 Å². The van der Waals surface area contributed by atoms with Crippen LogP contribution in [0.15, 0.2) is 46.9 Å². The largest absolute Gasteiger partial charge is 0.353 e. The number of sulfonamides is 1.